The van der Waals surface area contributed by atoms with Crippen molar-refractivity contribution in [2.45, 2.75) is 19.4 Å². The molecule has 1 N–H and O–H groups in total. The minimum atomic E-state index is -1.02. The highest BCUT2D eigenvalue weighted by Crippen LogP contribution is 2.16. The lowest BCUT2D eigenvalue weighted by molar-refractivity contribution is -0.148. The summed E-state index contributed by atoms with van der Waals surface area (Å²) >= 11 is 3.31. The van der Waals surface area contributed by atoms with E-state index in [1.165, 1.54) is 18.9 Å². The van der Waals surface area contributed by atoms with Crippen LogP contribution in [-0.4, -0.2) is 41.6 Å². The van der Waals surface area contributed by atoms with Crippen LogP contribution in [0.2, 0.25) is 0 Å². The Kier molecular flexibility index (Phi) is 5.82. The third-order valence-corrected chi connectivity index (χ3v) is 3.26. The summed E-state index contributed by atoms with van der Waals surface area (Å²) in [5.41, 5.74) is 0. The molecule has 0 aliphatic rings. The van der Waals surface area contributed by atoms with Crippen molar-refractivity contribution in [2.24, 2.45) is 0 Å². The Morgan fingerprint density at radius 3 is 2.47 bits per heavy atom. The van der Waals surface area contributed by atoms with Gasteiger partial charge in [0.25, 0.3) is 0 Å². The quantitative estimate of drug-likeness (QED) is 0.868. The predicted octanol–water partition coefficient (Wildman–Crippen LogP) is 2.15. The molecule has 6 heteroatoms. The number of hydrogen-bond donors (Lipinski definition) is 1. The number of rotatable bonds is 6. The van der Waals surface area contributed by atoms with Crippen molar-refractivity contribution in [2.75, 3.05) is 13.7 Å². The molecule has 1 amide bonds. The number of carbonyl (C=O) groups excluding carboxylic acids is 1. The largest absolute Gasteiger partial charge is 0.493 e. The molecule has 0 radical (unpaired) electrons. The number of amides is 1. The van der Waals surface area contributed by atoms with E-state index in [9.17, 15) is 9.59 Å². The molecule has 1 atom stereocenters. The molecule has 0 heterocycles. The maximum atomic E-state index is 11.7. The Morgan fingerprint density at radius 1 is 1.37 bits per heavy atom. The van der Waals surface area contributed by atoms with E-state index in [1.54, 1.807) is 12.1 Å². The minimum Gasteiger partial charge on any atom is -0.493 e. The summed E-state index contributed by atoms with van der Waals surface area (Å²) in [5.74, 6) is -0.610. The molecule has 19 heavy (non-hydrogen) atoms. The summed E-state index contributed by atoms with van der Waals surface area (Å²) in [6, 6.07) is 6.43. The van der Waals surface area contributed by atoms with Crippen LogP contribution in [0.4, 0.5) is 0 Å². The lowest BCUT2D eigenvalue weighted by atomic mass is 10.2. The first-order valence-corrected chi connectivity index (χ1v) is 6.58. The van der Waals surface area contributed by atoms with E-state index in [1.807, 2.05) is 12.1 Å². The summed E-state index contributed by atoms with van der Waals surface area (Å²) in [6.45, 7) is 1.69. The van der Waals surface area contributed by atoms with Crippen LogP contribution in [0.25, 0.3) is 0 Å². The van der Waals surface area contributed by atoms with Crippen LogP contribution in [0.3, 0.4) is 0 Å². The van der Waals surface area contributed by atoms with Crippen LogP contribution < -0.4 is 4.74 Å². The highest BCUT2D eigenvalue weighted by atomic mass is 79.9. The highest BCUT2D eigenvalue weighted by molar-refractivity contribution is 9.10. The number of carboxylic acid groups (broad SMARTS) is 1. The molecule has 5 nitrogen and oxygen atoms in total. The number of hydrogen-bond acceptors (Lipinski definition) is 3. The smallest absolute Gasteiger partial charge is 0.326 e. The van der Waals surface area contributed by atoms with Gasteiger partial charge in [-0.15, -0.1) is 0 Å². The Balaban J connectivity index is 2.38. The number of benzene rings is 1. The molecule has 0 spiro atoms. The molecule has 1 rings (SSSR count). The van der Waals surface area contributed by atoms with Crippen LogP contribution in [0.1, 0.15) is 13.3 Å². The molecular weight excluding hydrogens is 314 g/mol. The first-order chi connectivity index (χ1) is 8.91. The number of carboxylic acids is 1. The number of halogens is 1. The average molecular weight is 330 g/mol. The summed E-state index contributed by atoms with van der Waals surface area (Å²) in [4.78, 5) is 23.7. The van der Waals surface area contributed by atoms with Gasteiger partial charge < -0.3 is 14.7 Å². The van der Waals surface area contributed by atoms with Gasteiger partial charge in [0.05, 0.1) is 13.0 Å². The Morgan fingerprint density at radius 2 is 1.95 bits per heavy atom. The summed E-state index contributed by atoms with van der Waals surface area (Å²) in [6.07, 6.45) is 0.143. The average Bonchev–Trinajstić information content (AvgIpc) is 2.39. The second kappa shape index (κ2) is 7.13. The topological polar surface area (TPSA) is 66.8 Å². The van der Waals surface area contributed by atoms with Crippen LogP contribution in [0.15, 0.2) is 28.7 Å². The van der Waals surface area contributed by atoms with Crippen molar-refractivity contribution in [3.8, 4) is 5.75 Å². The van der Waals surface area contributed by atoms with Crippen LogP contribution >= 0.6 is 15.9 Å². The van der Waals surface area contributed by atoms with E-state index in [0.29, 0.717) is 5.75 Å². The van der Waals surface area contributed by atoms with Gasteiger partial charge in [-0.05, 0) is 31.2 Å². The van der Waals surface area contributed by atoms with Crippen molar-refractivity contribution in [1.82, 2.24) is 4.90 Å². The fourth-order valence-corrected chi connectivity index (χ4v) is 1.61. The molecule has 0 fully saturated rings. The number of nitrogens with zero attached hydrogens (tertiary/aromatic N) is 1. The molecule has 0 saturated carbocycles. The molecular formula is C13H16BrNO4. The van der Waals surface area contributed by atoms with Gasteiger partial charge in [-0.2, -0.15) is 0 Å². The third-order valence-electron chi connectivity index (χ3n) is 2.73. The normalized spacial score (nSPS) is 11.7. The zero-order valence-electron chi connectivity index (χ0n) is 10.8. The Hall–Kier alpha value is -1.56. The number of likely N-dealkylation sites (N-methyl/N-ethyl adjacent to an activating group) is 1. The maximum absolute atomic E-state index is 11.7. The SMILES string of the molecule is CC(C(=O)O)N(C)C(=O)CCOc1ccc(Br)cc1. The van der Waals surface area contributed by atoms with E-state index < -0.39 is 12.0 Å². The molecule has 104 valence electrons. The van der Waals surface area contributed by atoms with Gasteiger partial charge in [0.1, 0.15) is 11.8 Å². The zero-order chi connectivity index (χ0) is 14.4. The summed E-state index contributed by atoms with van der Waals surface area (Å²) in [5, 5.41) is 8.80. The van der Waals surface area contributed by atoms with Gasteiger partial charge in [-0.3, -0.25) is 4.79 Å². The van der Waals surface area contributed by atoms with Crippen LogP contribution in [0, 0.1) is 0 Å². The summed E-state index contributed by atoms with van der Waals surface area (Å²) < 4.78 is 6.36. The number of carbonyl (C=O) groups is 2. The lowest BCUT2D eigenvalue weighted by Gasteiger charge is -2.21. The van der Waals surface area contributed by atoms with Crippen molar-refractivity contribution in [3.05, 3.63) is 28.7 Å². The van der Waals surface area contributed by atoms with Crippen LogP contribution in [0.5, 0.6) is 5.75 Å². The van der Waals surface area contributed by atoms with E-state index >= 15 is 0 Å². The first kappa shape index (κ1) is 15.5. The van der Waals surface area contributed by atoms with Gasteiger partial charge in [0.15, 0.2) is 0 Å². The van der Waals surface area contributed by atoms with E-state index in [2.05, 4.69) is 15.9 Å². The van der Waals surface area contributed by atoms with E-state index in [4.69, 9.17) is 9.84 Å². The number of aliphatic carboxylic acids is 1. The minimum absolute atomic E-state index is 0.143. The molecule has 0 bridgehead atoms. The fraction of sp³-hybridized carbons (Fsp3) is 0.385. The first-order valence-electron chi connectivity index (χ1n) is 5.78. The predicted molar refractivity (Wildman–Crippen MR) is 74.1 cm³/mol. The molecule has 0 saturated heterocycles. The van der Waals surface area contributed by atoms with Crippen LogP contribution in [-0.2, 0) is 9.59 Å². The van der Waals surface area contributed by atoms with Gasteiger partial charge in [-0.1, -0.05) is 15.9 Å². The molecule has 1 aromatic carbocycles. The molecule has 0 aromatic heterocycles. The highest BCUT2D eigenvalue weighted by Gasteiger charge is 2.21. The van der Waals surface area contributed by atoms with Gasteiger partial charge in [-0.25, -0.2) is 4.79 Å². The zero-order valence-corrected chi connectivity index (χ0v) is 12.4. The third kappa shape index (κ3) is 4.90. The maximum Gasteiger partial charge on any atom is 0.326 e. The Labute approximate surface area is 120 Å². The van der Waals surface area contributed by atoms with E-state index in [-0.39, 0.29) is 18.9 Å². The van der Waals surface area contributed by atoms with Crippen molar-refractivity contribution in [1.29, 1.82) is 0 Å². The standard InChI is InChI=1S/C13H16BrNO4/c1-9(13(17)18)15(2)12(16)7-8-19-11-5-3-10(14)4-6-11/h3-6,9H,7-8H2,1-2H3,(H,17,18). The molecule has 0 aliphatic carbocycles. The van der Waals surface area contributed by atoms with E-state index in [0.717, 1.165) is 4.47 Å². The van der Waals surface area contributed by atoms with Gasteiger partial charge in [0, 0.05) is 11.5 Å². The van der Waals surface area contributed by atoms with Crippen molar-refractivity contribution >= 4 is 27.8 Å². The summed E-state index contributed by atoms with van der Waals surface area (Å²) in [7, 11) is 1.47. The van der Waals surface area contributed by atoms with Crippen molar-refractivity contribution < 1.29 is 19.4 Å². The van der Waals surface area contributed by atoms with Crippen molar-refractivity contribution in [3.63, 3.8) is 0 Å². The Bertz CT molecular complexity index is 446. The lowest BCUT2D eigenvalue weighted by Crippen LogP contribution is -2.40. The molecule has 1 unspecified atom stereocenters. The molecule has 0 aliphatic heterocycles. The van der Waals surface area contributed by atoms with Gasteiger partial charge in [0.2, 0.25) is 5.91 Å². The fourth-order valence-electron chi connectivity index (χ4n) is 1.35. The monoisotopic (exact) mass is 329 g/mol. The van der Waals surface area contributed by atoms with Gasteiger partial charge >= 0.3 is 5.97 Å². The number of ether oxygens (including phenoxy) is 1. The second-order valence-corrected chi connectivity index (χ2v) is 4.99. The molecule has 1 aromatic rings. The second-order valence-electron chi connectivity index (χ2n) is 4.07.